The van der Waals surface area contributed by atoms with Gasteiger partial charge in [-0.1, -0.05) is 12.1 Å². The van der Waals surface area contributed by atoms with Crippen molar-refractivity contribution in [1.29, 1.82) is 0 Å². The van der Waals surface area contributed by atoms with Crippen LogP contribution in [0.1, 0.15) is 33.1 Å². The van der Waals surface area contributed by atoms with E-state index in [-0.39, 0.29) is 24.8 Å². The Bertz CT molecular complexity index is 763. The molecule has 0 N–H and O–H groups in total. The molecular formula is C24H26Cl2Zr-2. The minimum atomic E-state index is 0. The molecule has 3 heteroatoms. The second-order valence-electron chi connectivity index (χ2n) is 6.02. The smallest absolute Gasteiger partial charge is 0.0809 e. The van der Waals surface area contributed by atoms with Crippen LogP contribution in [0.4, 0.5) is 0 Å². The van der Waals surface area contributed by atoms with Crippen molar-refractivity contribution in [2.45, 2.75) is 33.1 Å². The first kappa shape index (κ1) is 26.0. The Hall–Kier alpha value is -1.01. The number of benzene rings is 2. The van der Waals surface area contributed by atoms with Crippen LogP contribution < -0.4 is 24.8 Å². The van der Waals surface area contributed by atoms with Gasteiger partial charge in [-0.25, -0.2) is 0 Å². The van der Waals surface area contributed by atoms with Gasteiger partial charge in [-0.05, 0) is 0 Å². The van der Waals surface area contributed by atoms with E-state index in [9.17, 15) is 0 Å². The molecule has 0 nitrogen and oxygen atoms in total. The summed E-state index contributed by atoms with van der Waals surface area (Å²) in [7, 11) is 0. The van der Waals surface area contributed by atoms with Crippen LogP contribution in [0.25, 0.3) is 21.5 Å². The van der Waals surface area contributed by atoms with Gasteiger partial charge in [0.25, 0.3) is 0 Å². The van der Waals surface area contributed by atoms with Gasteiger partial charge in [0.2, 0.25) is 0 Å². The Balaban J connectivity index is 0.000000367. The molecule has 27 heavy (non-hydrogen) atoms. The van der Waals surface area contributed by atoms with E-state index in [1.54, 1.807) is 27.4 Å². The summed E-state index contributed by atoms with van der Waals surface area (Å²) < 4.78 is 1.72. The zero-order valence-corrected chi connectivity index (χ0v) is 19.9. The van der Waals surface area contributed by atoms with Gasteiger partial charge in [0.1, 0.15) is 0 Å². The summed E-state index contributed by atoms with van der Waals surface area (Å²) in [6.45, 7) is 4.47. The van der Waals surface area contributed by atoms with Gasteiger partial charge in [0, 0.05) is 0 Å². The summed E-state index contributed by atoms with van der Waals surface area (Å²) in [6.07, 6.45) is 3.98. The Morgan fingerprint density at radius 3 is 1.52 bits per heavy atom. The molecule has 0 amide bonds. The normalized spacial score (nSPS) is 9.19. The topological polar surface area (TPSA) is 0 Å². The predicted octanol–water partition coefficient (Wildman–Crippen LogP) is 1.04. The third-order valence-electron chi connectivity index (χ3n) is 4.07. The average molecular weight is 477 g/mol. The molecule has 4 aromatic carbocycles. The van der Waals surface area contributed by atoms with Crippen molar-refractivity contribution in [1.82, 2.24) is 0 Å². The molecule has 0 fully saturated rings. The van der Waals surface area contributed by atoms with Crippen LogP contribution in [-0.2, 0) is 24.2 Å². The van der Waals surface area contributed by atoms with Crippen molar-refractivity contribution < 1.29 is 49.0 Å². The van der Waals surface area contributed by atoms with Crippen molar-refractivity contribution >= 4 is 24.8 Å². The van der Waals surface area contributed by atoms with E-state index in [4.69, 9.17) is 0 Å². The molecule has 4 rings (SSSR count). The van der Waals surface area contributed by atoms with Gasteiger partial charge in [-0.2, -0.15) is 35.0 Å². The zero-order chi connectivity index (χ0) is 17.9. The monoisotopic (exact) mass is 474 g/mol. The fraction of sp³-hybridized carbons (Fsp3) is 0.208. The molecule has 0 aliphatic rings. The summed E-state index contributed by atoms with van der Waals surface area (Å²) in [5.41, 5.74) is 0. The first-order valence-corrected chi connectivity index (χ1v) is 10.2. The van der Waals surface area contributed by atoms with Gasteiger partial charge >= 0.3 is 60.6 Å². The van der Waals surface area contributed by atoms with Crippen LogP contribution in [0, 0.1) is 0 Å². The number of rotatable bonds is 3. The van der Waals surface area contributed by atoms with Gasteiger partial charge in [0.05, 0.1) is 0 Å². The number of halogens is 2. The summed E-state index contributed by atoms with van der Waals surface area (Å²) in [5, 5.41) is 5.32. The van der Waals surface area contributed by atoms with Gasteiger partial charge in [0.15, 0.2) is 0 Å². The second kappa shape index (κ2) is 15.0. The molecule has 0 bridgehead atoms. The molecule has 0 aliphatic heterocycles. The minimum Gasteiger partial charge on any atom is -1.00 e. The van der Waals surface area contributed by atoms with Gasteiger partial charge < -0.3 is 24.8 Å². The van der Waals surface area contributed by atoms with Crippen molar-refractivity contribution in [3.63, 3.8) is 0 Å². The molecule has 4 aromatic rings. The van der Waals surface area contributed by atoms with E-state index in [0.717, 1.165) is 0 Å². The molecule has 0 spiro atoms. The van der Waals surface area contributed by atoms with Crippen molar-refractivity contribution in [3.05, 3.63) is 84.9 Å². The summed E-state index contributed by atoms with van der Waals surface area (Å²) >= 11 is 1.64. The quantitative estimate of drug-likeness (QED) is 0.388. The van der Waals surface area contributed by atoms with Crippen LogP contribution in [-0.4, -0.2) is 3.21 Å². The zero-order valence-electron chi connectivity index (χ0n) is 16.0. The summed E-state index contributed by atoms with van der Waals surface area (Å²) in [6, 6.07) is 29.3. The van der Waals surface area contributed by atoms with Gasteiger partial charge in [-0.15, -0.1) is 59.3 Å². The SMILES string of the molecule is CCC[C](=[Zr+2])CC.[Cl-].[Cl-].c1ccc2[cH-]ccc2c1.c1ccc2[cH-]ccc2c1. The molecule has 0 heterocycles. The number of hydrogen-bond donors (Lipinski definition) is 0. The van der Waals surface area contributed by atoms with Crippen molar-refractivity contribution in [2.24, 2.45) is 0 Å². The molecule has 0 saturated heterocycles. The number of hydrogen-bond acceptors (Lipinski definition) is 0. The largest absolute Gasteiger partial charge is 1.00 e. The maximum atomic E-state index is 2.24. The van der Waals surface area contributed by atoms with Crippen molar-refractivity contribution in [2.75, 3.05) is 0 Å². The minimum absolute atomic E-state index is 0. The van der Waals surface area contributed by atoms with E-state index in [2.05, 4.69) is 98.8 Å². The third kappa shape index (κ3) is 9.15. The summed E-state index contributed by atoms with van der Waals surface area (Å²) in [5.74, 6) is 0. The molecule has 0 unspecified atom stereocenters. The second-order valence-corrected chi connectivity index (χ2v) is 7.75. The fourth-order valence-electron chi connectivity index (χ4n) is 2.62. The van der Waals surface area contributed by atoms with E-state index >= 15 is 0 Å². The average Bonchev–Trinajstić information content (AvgIpc) is 3.32. The van der Waals surface area contributed by atoms with E-state index < -0.39 is 0 Å². The molecule has 0 aliphatic carbocycles. The van der Waals surface area contributed by atoms with Gasteiger partial charge in [-0.3, -0.25) is 0 Å². The maximum absolute atomic E-state index is 2.24. The molecule has 142 valence electrons. The standard InChI is InChI=1S/2C9H7.C6H12.2ClH.Zr/c2*1-2-5-9-7-3-6-8(9)4-1;1-3-5-6-4-2;;;/h2*1-7H;3-5H2,1-2H3;2*1H;/q2*-1;;;;+2/p-2. The molecule has 0 saturated carbocycles. The van der Waals surface area contributed by atoms with Crippen LogP contribution in [0.5, 0.6) is 0 Å². The fourth-order valence-corrected chi connectivity index (χ4v) is 3.23. The predicted molar refractivity (Wildman–Crippen MR) is 109 cm³/mol. The van der Waals surface area contributed by atoms with E-state index in [1.165, 1.54) is 40.8 Å². The van der Waals surface area contributed by atoms with Crippen LogP contribution in [0.3, 0.4) is 0 Å². The molecule has 0 aromatic heterocycles. The summed E-state index contributed by atoms with van der Waals surface area (Å²) in [4.78, 5) is 0. The Morgan fingerprint density at radius 1 is 0.741 bits per heavy atom. The maximum Gasteiger partial charge on any atom is -0.0809 e. The molecule has 0 radical (unpaired) electrons. The van der Waals surface area contributed by atoms with Crippen molar-refractivity contribution in [3.8, 4) is 0 Å². The van der Waals surface area contributed by atoms with E-state index in [0.29, 0.717) is 0 Å². The van der Waals surface area contributed by atoms with Crippen LogP contribution in [0.2, 0.25) is 0 Å². The molecule has 0 atom stereocenters. The first-order valence-electron chi connectivity index (χ1n) is 9.01. The van der Waals surface area contributed by atoms with E-state index in [1.807, 2.05) is 0 Å². The Labute approximate surface area is 190 Å². The van der Waals surface area contributed by atoms with Crippen LogP contribution in [0.15, 0.2) is 84.9 Å². The van der Waals surface area contributed by atoms with Crippen LogP contribution >= 0.6 is 0 Å². The third-order valence-corrected chi connectivity index (χ3v) is 5.56. The Morgan fingerprint density at radius 2 is 1.19 bits per heavy atom. The number of fused-ring (bicyclic) bond motifs is 2. The first-order chi connectivity index (χ1) is 12.2. The Kier molecular flexibility index (Phi) is 14.4. The molecular weight excluding hydrogens is 450 g/mol.